The highest BCUT2D eigenvalue weighted by molar-refractivity contribution is 5.94. The van der Waals surface area contributed by atoms with Crippen LogP contribution in [0.2, 0.25) is 0 Å². The summed E-state index contributed by atoms with van der Waals surface area (Å²) in [6.45, 7) is 1.22. The molecular weight excluding hydrogens is 312 g/mol. The summed E-state index contributed by atoms with van der Waals surface area (Å²) in [5.74, 6) is -0.0519. The van der Waals surface area contributed by atoms with Crippen LogP contribution in [0.3, 0.4) is 0 Å². The highest BCUT2D eigenvalue weighted by Gasteiger charge is 2.13. The molecule has 0 saturated carbocycles. The van der Waals surface area contributed by atoms with Crippen molar-refractivity contribution in [2.45, 2.75) is 13.1 Å². The van der Waals surface area contributed by atoms with Crippen LogP contribution in [-0.2, 0) is 13.1 Å². The number of amides is 1. The molecule has 3 aromatic rings. The number of carbonyl (C=O) groups is 1. The molecule has 0 aliphatic heterocycles. The van der Waals surface area contributed by atoms with Gasteiger partial charge in [0.05, 0.1) is 11.3 Å². The molecule has 0 aliphatic rings. The summed E-state index contributed by atoms with van der Waals surface area (Å²) in [6, 6.07) is 15.7. The number of anilines is 1. The number of nitrogens with zero attached hydrogens (tertiary/aromatic N) is 3. The zero-order valence-electron chi connectivity index (χ0n) is 14.1. The number of carbonyl (C=O) groups excluding carboxylic acids is 1. The second-order valence-corrected chi connectivity index (χ2v) is 5.82. The van der Waals surface area contributed by atoms with Crippen molar-refractivity contribution in [3.05, 3.63) is 90.0 Å². The molecule has 5 nitrogen and oxygen atoms in total. The molecule has 5 heteroatoms. The molecule has 0 aliphatic carbocycles. The maximum Gasteiger partial charge on any atom is 0.255 e. The quantitative estimate of drug-likeness (QED) is 0.752. The highest BCUT2D eigenvalue weighted by Crippen LogP contribution is 2.13. The van der Waals surface area contributed by atoms with Crippen LogP contribution in [0.5, 0.6) is 0 Å². The summed E-state index contributed by atoms with van der Waals surface area (Å²) in [4.78, 5) is 22.5. The van der Waals surface area contributed by atoms with Crippen LogP contribution in [0.25, 0.3) is 0 Å². The smallest absolute Gasteiger partial charge is 0.255 e. The van der Waals surface area contributed by atoms with E-state index in [1.165, 1.54) is 0 Å². The van der Waals surface area contributed by atoms with Crippen LogP contribution in [-0.4, -0.2) is 27.8 Å². The molecule has 0 atom stereocenters. The maximum atomic E-state index is 12.6. The third-order valence-corrected chi connectivity index (χ3v) is 3.84. The minimum atomic E-state index is -0.0519. The van der Waals surface area contributed by atoms with Crippen molar-refractivity contribution < 1.29 is 4.79 Å². The predicted molar refractivity (Wildman–Crippen MR) is 98.0 cm³/mol. The Hall–Kier alpha value is -3.21. The van der Waals surface area contributed by atoms with Gasteiger partial charge < -0.3 is 10.2 Å². The molecule has 25 heavy (non-hydrogen) atoms. The summed E-state index contributed by atoms with van der Waals surface area (Å²) in [6.07, 6.45) is 6.83. The lowest BCUT2D eigenvalue weighted by molar-refractivity contribution is 0.0784. The summed E-state index contributed by atoms with van der Waals surface area (Å²) in [5, 5.41) is 3.28. The van der Waals surface area contributed by atoms with Gasteiger partial charge in [-0.1, -0.05) is 30.3 Å². The van der Waals surface area contributed by atoms with Gasteiger partial charge in [0.25, 0.3) is 5.91 Å². The first kappa shape index (κ1) is 16.6. The molecule has 0 spiro atoms. The first-order valence-corrected chi connectivity index (χ1v) is 8.09. The SMILES string of the molecule is CN(Cc1ccccc1)C(=O)c1cncc(NCc2ccncc2)c1. The van der Waals surface area contributed by atoms with Gasteiger partial charge in [0.1, 0.15) is 0 Å². The van der Waals surface area contributed by atoms with Gasteiger partial charge in [-0.25, -0.2) is 0 Å². The molecule has 2 heterocycles. The zero-order valence-corrected chi connectivity index (χ0v) is 14.1. The van der Waals surface area contributed by atoms with E-state index in [-0.39, 0.29) is 5.91 Å². The molecular formula is C20H20N4O. The summed E-state index contributed by atoms with van der Waals surface area (Å²) < 4.78 is 0. The zero-order chi connectivity index (χ0) is 17.5. The second kappa shape index (κ2) is 8.06. The lowest BCUT2D eigenvalue weighted by Gasteiger charge is -2.17. The van der Waals surface area contributed by atoms with Crippen LogP contribution in [0.4, 0.5) is 5.69 Å². The van der Waals surface area contributed by atoms with E-state index < -0.39 is 0 Å². The normalized spacial score (nSPS) is 10.3. The molecule has 1 aromatic carbocycles. The second-order valence-electron chi connectivity index (χ2n) is 5.82. The maximum absolute atomic E-state index is 12.6. The number of nitrogens with one attached hydrogen (secondary N) is 1. The Bertz CT molecular complexity index is 821. The highest BCUT2D eigenvalue weighted by atomic mass is 16.2. The van der Waals surface area contributed by atoms with Gasteiger partial charge in [0, 0.05) is 44.9 Å². The van der Waals surface area contributed by atoms with Crippen molar-refractivity contribution in [1.29, 1.82) is 0 Å². The van der Waals surface area contributed by atoms with Gasteiger partial charge >= 0.3 is 0 Å². The van der Waals surface area contributed by atoms with Crippen LogP contribution in [0.15, 0.2) is 73.3 Å². The van der Waals surface area contributed by atoms with E-state index in [0.29, 0.717) is 18.7 Å². The third-order valence-electron chi connectivity index (χ3n) is 3.84. The van der Waals surface area contributed by atoms with Gasteiger partial charge in [-0.05, 0) is 29.3 Å². The standard InChI is InChI=1S/C20H20N4O/c1-24(15-17-5-3-2-4-6-17)20(25)18-11-19(14-22-13-18)23-12-16-7-9-21-10-8-16/h2-11,13-14,23H,12,15H2,1H3. The summed E-state index contributed by atoms with van der Waals surface area (Å²) in [7, 11) is 1.80. The van der Waals surface area contributed by atoms with Gasteiger partial charge in [-0.3, -0.25) is 14.8 Å². The van der Waals surface area contributed by atoms with Crippen LogP contribution < -0.4 is 5.32 Å². The molecule has 1 amide bonds. The molecule has 0 unspecified atom stereocenters. The molecule has 0 fully saturated rings. The first-order chi connectivity index (χ1) is 12.2. The largest absolute Gasteiger partial charge is 0.380 e. The van der Waals surface area contributed by atoms with E-state index in [2.05, 4.69) is 15.3 Å². The van der Waals surface area contributed by atoms with E-state index in [1.54, 1.807) is 36.7 Å². The molecule has 0 saturated heterocycles. The Morgan fingerprint density at radius 3 is 2.52 bits per heavy atom. The van der Waals surface area contributed by atoms with E-state index >= 15 is 0 Å². The van der Waals surface area contributed by atoms with Crippen molar-refractivity contribution in [3.63, 3.8) is 0 Å². The van der Waals surface area contributed by atoms with Crippen LogP contribution in [0, 0.1) is 0 Å². The number of aromatic nitrogens is 2. The van der Waals surface area contributed by atoms with Gasteiger partial charge in [0.2, 0.25) is 0 Å². The predicted octanol–water partition coefficient (Wildman–Crippen LogP) is 3.36. The van der Waals surface area contributed by atoms with Crippen LogP contribution >= 0.6 is 0 Å². The number of benzene rings is 1. The van der Waals surface area contributed by atoms with E-state index in [9.17, 15) is 4.79 Å². The molecule has 0 radical (unpaired) electrons. The molecule has 126 valence electrons. The number of hydrogen-bond donors (Lipinski definition) is 1. The minimum Gasteiger partial charge on any atom is -0.380 e. The Morgan fingerprint density at radius 2 is 1.76 bits per heavy atom. The van der Waals surface area contributed by atoms with Gasteiger partial charge in [-0.2, -0.15) is 0 Å². The Morgan fingerprint density at radius 1 is 1.00 bits per heavy atom. The number of rotatable bonds is 6. The lowest BCUT2D eigenvalue weighted by Crippen LogP contribution is -2.26. The average molecular weight is 332 g/mol. The lowest BCUT2D eigenvalue weighted by atomic mass is 10.2. The van der Waals surface area contributed by atoms with Crippen molar-refractivity contribution in [3.8, 4) is 0 Å². The van der Waals surface area contributed by atoms with E-state index in [4.69, 9.17) is 0 Å². The Labute approximate surface area is 147 Å². The third kappa shape index (κ3) is 4.64. The first-order valence-electron chi connectivity index (χ1n) is 8.09. The fourth-order valence-corrected chi connectivity index (χ4v) is 2.51. The van der Waals surface area contributed by atoms with Gasteiger partial charge in [-0.15, -0.1) is 0 Å². The molecule has 1 N–H and O–H groups in total. The van der Waals surface area contributed by atoms with Crippen molar-refractivity contribution in [1.82, 2.24) is 14.9 Å². The number of pyridine rings is 2. The van der Waals surface area contributed by atoms with Crippen LogP contribution in [0.1, 0.15) is 21.5 Å². The topological polar surface area (TPSA) is 58.1 Å². The van der Waals surface area contributed by atoms with Crippen molar-refractivity contribution in [2.75, 3.05) is 12.4 Å². The fourth-order valence-electron chi connectivity index (χ4n) is 2.51. The molecule has 0 bridgehead atoms. The van der Waals surface area contributed by atoms with E-state index in [0.717, 1.165) is 16.8 Å². The van der Waals surface area contributed by atoms with E-state index in [1.807, 2.05) is 48.5 Å². The molecule has 3 rings (SSSR count). The monoisotopic (exact) mass is 332 g/mol. The summed E-state index contributed by atoms with van der Waals surface area (Å²) in [5.41, 5.74) is 3.60. The Balaban J connectivity index is 1.64. The fraction of sp³-hybridized carbons (Fsp3) is 0.150. The summed E-state index contributed by atoms with van der Waals surface area (Å²) >= 11 is 0. The van der Waals surface area contributed by atoms with Gasteiger partial charge in [0.15, 0.2) is 0 Å². The molecule has 2 aromatic heterocycles. The van der Waals surface area contributed by atoms with Crippen molar-refractivity contribution in [2.24, 2.45) is 0 Å². The minimum absolute atomic E-state index is 0.0519. The average Bonchev–Trinajstić information content (AvgIpc) is 2.67. The number of hydrogen-bond acceptors (Lipinski definition) is 4. The van der Waals surface area contributed by atoms with Crippen molar-refractivity contribution >= 4 is 11.6 Å². The Kier molecular flexibility index (Phi) is 5.36.